The van der Waals surface area contributed by atoms with Crippen LogP contribution in [0.25, 0.3) is 22.2 Å². The number of anilines is 2. The highest BCUT2D eigenvalue weighted by Gasteiger charge is 2.24. The highest BCUT2D eigenvalue weighted by atomic mass is 35.5. The second kappa shape index (κ2) is 8.09. The molecule has 0 aliphatic heterocycles. The summed E-state index contributed by atoms with van der Waals surface area (Å²) in [5.41, 5.74) is 9.81. The summed E-state index contributed by atoms with van der Waals surface area (Å²) in [6.45, 7) is 0. The van der Waals surface area contributed by atoms with Gasteiger partial charge in [0, 0.05) is 16.9 Å². The van der Waals surface area contributed by atoms with Gasteiger partial charge in [0.25, 0.3) is 5.91 Å². The fraction of sp³-hybridized carbons (Fsp3) is 0. The number of hydrogen-bond donors (Lipinski definition) is 2. The fourth-order valence-corrected chi connectivity index (χ4v) is 3.41. The van der Waals surface area contributed by atoms with Crippen LogP contribution >= 0.6 is 11.6 Å². The third-order valence-electron chi connectivity index (χ3n) is 4.80. The largest absolute Gasteiger partial charge is 0.383 e. The highest BCUT2D eigenvalue weighted by Crippen LogP contribution is 2.28. The number of nitrogen functional groups attached to an aromatic ring is 1. The molecule has 8 nitrogen and oxygen atoms in total. The number of aromatic nitrogens is 4. The van der Waals surface area contributed by atoms with Crippen molar-refractivity contribution in [3.63, 3.8) is 0 Å². The van der Waals surface area contributed by atoms with Crippen LogP contribution in [-0.4, -0.2) is 31.7 Å². The molecule has 0 bridgehead atoms. The molecule has 0 saturated carbocycles. The first-order chi connectivity index (χ1) is 15.6. The Morgan fingerprint density at radius 3 is 2.44 bits per heavy atom. The Labute approximate surface area is 187 Å². The number of nitrogens with zero attached hydrogens (tertiary/aromatic N) is 5. The number of pyridine rings is 1. The van der Waals surface area contributed by atoms with Crippen LogP contribution in [0.2, 0.25) is 5.02 Å². The summed E-state index contributed by atoms with van der Waals surface area (Å²) in [5.74, 6) is -0.305. The van der Waals surface area contributed by atoms with Crippen molar-refractivity contribution in [3.05, 3.63) is 89.2 Å². The first-order valence-corrected chi connectivity index (χ1v) is 10.1. The molecule has 32 heavy (non-hydrogen) atoms. The third kappa shape index (κ3) is 3.63. The molecule has 156 valence electrons. The number of hydrogen-bond acceptors (Lipinski definition) is 6. The third-order valence-corrected chi connectivity index (χ3v) is 5.05. The molecular formula is C23H16ClN7O. The quantitative estimate of drug-likeness (QED) is 0.403. The molecule has 0 atom stereocenters. The van der Waals surface area contributed by atoms with Gasteiger partial charge in [0.1, 0.15) is 16.9 Å². The number of amides is 1. The Kier molecular flexibility index (Phi) is 4.97. The summed E-state index contributed by atoms with van der Waals surface area (Å²) in [5, 5.41) is 7.84. The topological polar surface area (TPSA) is 111 Å². The van der Waals surface area contributed by atoms with Crippen molar-refractivity contribution in [1.82, 2.24) is 19.6 Å². The van der Waals surface area contributed by atoms with Crippen LogP contribution in [0.15, 0.2) is 78.0 Å². The van der Waals surface area contributed by atoms with Gasteiger partial charge in [-0.05, 0) is 48.5 Å². The Morgan fingerprint density at radius 2 is 1.72 bits per heavy atom. The first kappa shape index (κ1) is 19.7. The van der Waals surface area contributed by atoms with Crippen LogP contribution in [0.4, 0.5) is 11.5 Å². The minimum atomic E-state index is -0.425. The first-order valence-electron chi connectivity index (χ1n) is 9.69. The second-order valence-corrected chi connectivity index (χ2v) is 7.35. The number of nitrogens with two attached hydrogens (primary N) is 1. The predicted molar refractivity (Wildman–Crippen MR) is 126 cm³/mol. The van der Waals surface area contributed by atoms with E-state index in [4.69, 9.17) is 17.3 Å². The molecule has 0 aliphatic rings. The number of nitrogens with one attached hydrogen (secondary N) is 1. The van der Waals surface area contributed by atoms with E-state index in [1.54, 1.807) is 42.7 Å². The van der Waals surface area contributed by atoms with E-state index >= 15 is 0 Å². The monoisotopic (exact) mass is 441 g/mol. The zero-order valence-corrected chi connectivity index (χ0v) is 17.4. The average Bonchev–Trinajstić information content (AvgIpc) is 3.08. The van der Waals surface area contributed by atoms with Gasteiger partial charge in [-0.3, -0.25) is 9.78 Å². The molecule has 0 spiro atoms. The zero-order chi connectivity index (χ0) is 22.1. The summed E-state index contributed by atoms with van der Waals surface area (Å²) in [6, 6.07) is 19.6. The SMILES string of the molecule is Nc1c(C(=O)Nc2ccc(Cl)cc2)c2nc3ccccc3nc2n1N=Cc1ccccn1. The zero-order valence-electron chi connectivity index (χ0n) is 16.6. The average molecular weight is 442 g/mol. The fourth-order valence-electron chi connectivity index (χ4n) is 3.28. The van der Waals surface area contributed by atoms with Gasteiger partial charge in [-0.25, -0.2) is 9.97 Å². The minimum absolute atomic E-state index is 0.119. The van der Waals surface area contributed by atoms with E-state index < -0.39 is 5.91 Å². The van der Waals surface area contributed by atoms with Gasteiger partial charge in [0.15, 0.2) is 5.65 Å². The minimum Gasteiger partial charge on any atom is -0.383 e. The molecule has 3 N–H and O–H groups in total. The number of rotatable bonds is 4. The van der Waals surface area contributed by atoms with Crippen molar-refractivity contribution >= 4 is 57.4 Å². The summed E-state index contributed by atoms with van der Waals surface area (Å²) in [4.78, 5) is 26.7. The number of para-hydroxylation sites is 2. The molecule has 0 fully saturated rings. The lowest BCUT2D eigenvalue weighted by Gasteiger charge is -2.05. The Morgan fingerprint density at radius 1 is 1.00 bits per heavy atom. The number of fused-ring (bicyclic) bond motifs is 2. The van der Waals surface area contributed by atoms with Gasteiger partial charge in [-0.1, -0.05) is 29.8 Å². The van der Waals surface area contributed by atoms with Crippen LogP contribution in [-0.2, 0) is 0 Å². The van der Waals surface area contributed by atoms with Crippen molar-refractivity contribution in [1.29, 1.82) is 0 Å². The number of carbonyl (C=O) groups is 1. The number of carbonyl (C=O) groups excluding carboxylic acids is 1. The van der Waals surface area contributed by atoms with Crippen molar-refractivity contribution in [3.8, 4) is 0 Å². The lowest BCUT2D eigenvalue weighted by molar-refractivity contribution is 0.102. The smallest absolute Gasteiger partial charge is 0.261 e. The van der Waals surface area contributed by atoms with Crippen molar-refractivity contribution < 1.29 is 4.79 Å². The summed E-state index contributed by atoms with van der Waals surface area (Å²) < 4.78 is 1.40. The van der Waals surface area contributed by atoms with Gasteiger partial charge in [0.05, 0.1) is 22.9 Å². The maximum atomic E-state index is 13.2. The highest BCUT2D eigenvalue weighted by molar-refractivity contribution is 6.30. The molecule has 3 aromatic heterocycles. The van der Waals surface area contributed by atoms with Crippen molar-refractivity contribution in [2.45, 2.75) is 0 Å². The van der Waals surface area contributed by atoms with E-state index in [0.29, 0.717) is 38.6 Å². The van der Waals surface area contributed by atoms with Crippen LogP contribution in [0.5, 0.6) is 0 Å². The second-order valence-electron chi connectivity index (χ2n) is 6.92. The molecule has 0 saturated heterocycles. The molecule has 9 heteroatoms. The van der Waals surface area contributed by atoms with Gasteiger partial charge < -0.3 is 11.1 Å². The van der Waals surface area contributed by atoms with E-state index in [9.17, 15) is 4.79 Å². The van der Waals surface area contributed by atoms with E-state index in [2.05, 4.69) is 25.4 Å². The molecule has 2 aromatic carbocycles. The molecular weight excluding hydrogens is 426 g/mol. The normalized spacial score (nSPS) is 11.4. The van der Waals surface area contributed by atoms with E-state index in [1.807, 2.05) is 36.4 Å². The molecule has 3 heterocycles. The maximum absolute atomic E-state index is 13.2. The van der Waals surface area contributed by atoms with Gasteiger partial charge in [-0.15, -0.1) is 0 Å². The van der Waals surface area contributed by atoms with Crippen LogP contribution < -0.4 is 11.1 Å². The Bertz CT molecular complexity index is 1480. The number of halogens is 1. The van der Waals surface area contributed by atoms with Crippen molar-refractivity contribution in [2.75, 3.05) is 11.1 Å². The lowest BCUT2D eigenvalue weighted by atomic mass is 10.2. The molecule has 0 aliphatic carbocycles. The summed E-state index contributed by atoms with van der Waals surface area (Å²) in [6.07, 6.45) is 3.21. The van der Waals surface area contributed by atoms with Gasteiger partial charge in [0.2, 0.25) is 0 Å². The number of benzene rings is 2. The van der Waals surface area contributed by atoms with Crippen molar-refractivity contribution in [2.24, 2.45) is 5.10 Å². The van der Waals surface area contributed by atoms with Gasteiger partial charge >= 0.3 is 0 Å². The molecule has 0 unspecified atom stereocenters. The van der Waals surface area contributed by atoms with Crippen LogP contribution in [0, 0.1) is 0 Å². The van der Waals surface area contributed by atoms with E-state index in [1.165, 1.54) is 4.68 Å². The standard InChI is InChI=1S/C23H16ClN7O/c24-14-8-10-15(11-9-14)28-23(32)19-20-22(30-18-7-2-1-6-17(18)29-20)31(21(19)25)27-13-16-5-3-4-12-26-16/h1-13H,25H2,(H,28,32). The van der Waals surface area contributed by atoms with E-state index in [0.717, 1.165) is 0 Å². The van der Waals surface area contributed by atoms with Gasteiger partial charge in [-0.2, -0.15) is 9.78 Å². The molecule has 1 amide bonds. The maximum Gasteiger partial charge on any atom is 0.261 e. The van der Waals surface area contributed by atoms with E-state index in [-0.39, 0.29) is 11.4 Å². The summed E-state index contributed by atoms with van der Waals surface area (Å²) >= 11 is 5.94. The van der Waals surface area contributed by atoms with Crippen LogP contribution in [0.1, 0.15) is 16.1 Å². The molecule has 0 radical (unpaired) electrons. The van der Waals surface area contributed by atoms with Crippen LogP contribution in [0.3, 0.4) is 0 Å². The molecule has 5 aromatic rings. The Balaban J connectivity index is 1.66. The summed E-state index contributed by atoms with van der Waals surface area (Å²) in [7, 11) is 0. The Hall–Kier alpha value is -4.30. The molecule has 5 rings (SSSR count). The predicted octanol–water partition coefficient (Wildman–Crippen LogP) is 4.35. The lowest BCUT2D eigenvalue weighted by Crippen LogP contribution is -2.14.